The van der Waals surface area contributed by atoms with Gasteiger partial charge in [0.1, 0.15) is 0 Å². The molecule has 0 aromatic heterocycles. The van der Waals surface area contributed by atoms with E-state index in [9.17, 15) is 14.7 Å². The number of nitrogens with zero attached hydrogens (tertiary/aromatic N) is 1. The van der Waals surface area contributed by atoms with Crippen LogP contribution in [0.1, 0.15) is 38.5 Å². The molecule has 1 aromatic rings. The van der Waals surface area contributed by atoms with Gasteiger partial charge in [-0.3, -0.25) is 0 Å². The number of anilines is 1. The van der Waals surface area contributed by atoms with Crippen molar-refractivity contribution < 1.29 is 19.6 Å². The maximum atomic E-state index is 12.6. The van der Waals surface area contributed by atoms with Gasteiger partial charge < -0.3 is 25.0 Å². The molecule has 1 aromatic carbocycles. The van der Waals surface area contributed by atoms with E-state index < -0.39 is 5.97 Å². The first-order chi connectivity index (χ1) is 13.1. The maximum absolute atomic E-state index is 12.6. The molecule has 0 spiro atoms. The number of para-hydroxylation sites is 1. The molecule has 0 radical (unpaired) electrons. The summed E-state index contributed by atoms with van der Waals surface area (Å²) >= 11 is 0. The van der Waals surface area contributed by atoms with Crippen molar-refractivity contribution in [2.75, 3.05) is 38.0 Å². The van der Waals surface area contributed by atoms with Crippen LogP contribution in [0.5, 0.6) is 0 Å². The largest absolute Gasteiger partial charge is 0.550 e. The highest BCUT2D eigenvalue weighted by Crippen LogP contribution is 2.29. The molecule has 6 nitrogen and oxygen atoms in total. The number of carboxylic acids is 1. The number of amides is 2. The number of nitrogens with one attached hydrogen (secondary N) is 2. The molecule has 6 heteroatoms. The van der Waals surface area contributed by atoms with Gasteiger partial charge in [0, 0.05) is 31.2 Å². The van der Waals surface area contributed by atoms with E-state index in [0.29, 0.717) is 13.1 Å². The third kappa shape index (κ3) is 5.96. The van der Waals surface area contributed by atoms with E-state index >= 15 is 0 Å². The van der Waals surface area contributed by atoms with Gasteiger partial charge in [0.25, 0.3) is 0 Å². The van der Waals surface area contributed by atoms with Crippen molar-refractivity contribution in [3.63, 3.8) is 0 Å². The Labute approximate surface area is 161 Å². The van der Waals surface area contributed by atoms with Crippen LogP contribution in [-0.2, 0) is 4.79 Å². The van der Waals surface area contributed by atoms with Crippen LogP contribution in [0.25, 0.3) is 0 Å². The van der Waals surface area contributed by atoms with Gasteiger partial charge in [-0.1, -0.05) is 18.2 Å². The molecule has 2 aliphatic rings. The number of hydrogen-bond acceptors (Lipinski definition) is 3. The van der Waals surface area contributed by atoms with Gasteiger partial charge in [0.2, 0.25) is 0 Å². The summed E-state index contributed by atoms with van der Waals surface area (Å²) in [7, 11) is 0. The van der Waals surface area contributed by atoms with Gasteiger partial charge in [-0.15, -0.1) is 0 Å². The topological polar surface area (TPSA) is 76.9 Å². The van der Waals surface area contributed by atoms with Crippen LogP contribution in [0.15, 0.2) is 30.3 Å². The summed E-state index contributed by atoms with van der Waals surface area (Å²) < 4.78 is 0. The molecule has 27 heavy (non-hydrogen) atoms. The molecule has 0 saturated carbocycles. The molecule has 0 bridgehead atoms. The van der Waals surface area contributed by atoms with Crippen molar-refractivity contribution in [3.05, 3.63) is 30.3 Å². The first-order valence-corrected chi connectivity index (χ1v) is 10.3. The minimum absolute atomic E-state index is 0.0941. The molecule has 2 N–H and O–H groups in total. The van der Waals surface area contributed by atoms with Crippen LogP contribution < -0.4 is 15.3 Å². The number of quaternary nitrogens is 1. The zero-order valence-electron chi connectivity index (χ0n) is 16.0. The number of benzene rings is 1. The van der Waals surface area contributed by atoms with Crippen molar-refractivity contribution >= 4 is 17.7 Å². The summed E-state index contributed by atoms with van der Waals surface area (Å²) in [6.45, 7) is 4.74. The molecular weight excluding hydrogens is 342 g/mol. The highest BCUT2D eigenvalue weighted by Gasteiger charge is 2.32. The Hall–Kier alpha value is -2.08. The Morgan fingerprint density at radius 2 is 1.85 bits per heavy atom. The van der Waals surface area contributed by atoms with Gasteiger partial charge in [0.05, 0.1) is 19.6 Å². The second kappa shape index (κ2) is 9.74. The Morgan fingerprint density at radius 1 is 1.11 bits per heavy atom. The second-order valence-corrected chi connectivity index (χ2v) is 7.98. The first kappa shape index (κ1) is 19.7. The van der Waals surface area contributed by atoms with Gasteiger partial charge in [-0.05, 0) is 56.1 Å². The van der Waals surface area contributed by atoms with Crippen molar-refractivity contribution in [2.45, 2.75) is 38.5 Å². The molecule has 2 aliphatic heterocycles. The van der Waals surface area contributed by atoms with Crippen LogP contribution in [0.4, 0.5) is 10.5 Å². The lowest BCUT2D eigenvalue weighted by molar-refractivity contribution is -0.905. The summed E-state index contributed by atoms with van der Waals surface area (Å²) in [5, 5.41) is 14.1. The first-order valence-electron chi connectivity index (χ1n) is 10.3. The third-order valence-corrected chi connectivity index (χ3v) is 6.06. The summed E-state index contributed by atoms with van der Waals surface area (Å²) in [6, 6.07) is 9.36. The number of hydrogen-bond donors (Lipinski definition) is 2. The van der Waals surface area contributed by atoms with Crippen LogP contribution in [0.2, 0.25) is 0 Å². The minimum atomic E-state index is -0.975. The van der Waals surface area contributed by atoms with Crippen LogP contribution in [0, 0.1) is 11.8 Å². The predicted octanol–water partition coefficient (Wildman–Crippen LogP) is 0.756. The zero-order chi connectivity index (χ0) is 19.1. The fourth-order valence-electron chi connectivity index (χ4n) is 4.49. The smallest absolute Gasteiger partial charge is 0.321 e. The van der Waals surface area contributed by atoms with E-state index in [0.717, 1.165) is 25.1 Å². The van der Waals surface area contributed by atoms with E-state index in [2.05, 4.69) is 5.32 Å². The van der Waals surface area contributed by atoms with Crippen LogP contribution >= 0.6 is 0 Å². The second-order valence-electron chi connectivity index (χ2n) is 7.98. The molecule has 2 atom stereocenters. The third-order valence-electron chi connectivity index (χ3n) is 6.06. The summed E-state index contributed by atoms with van der Waals surface area (Å²) in [6.07, 6.45) is 5.71. The average molecular weight is 373 g/mol. The lowest BCUT2D eigenvalue weighted by Gasteiger charge is -2.39. The Morgan fingerprint density at radius 3 is 2.56 bits per heavy atom. The molecule has 0 aliphatic carbocycles. The Bertz CT molecular complexity index is 616. The van der Waals surface area contributed by atoms with Crippen molar-refractivity contribution in [1.29, 1.82) is 0 Å². The van der Waals surface area contributed by atoms with Crippen molar-refractivity contribution in [3.8, 4) is 0 Å². The van der Waals surface area contributed by atoms with E-state index in [4.69, 9.17) is 0 Å². The fourth-order valence-corrected chi connectivity index (χ4v) is 4.49. The molecule has 0 unspecified atom stereocenters. The number of rotatable bonds is 6. The van der Waals surface area contributed by atoms with Crippen LogP contribution in [-0.4, -0.2) is 49.6 Å². The summed E-state index contributed by atoms with van der Waals surface area (Å²) in [4.78, 5) is 27.3. The molecular formula is C21H31N3O3. The molecule has 2 saturated heterocycles. The number of piperidine rings is 2. The molecule has 2 heterocycles. The lowest BCUT2D eigenvalue weighted by atomic mass is 9.81. The number of carbonyl (C=O) groups excluding carboxylic acids is 2. The number of aliphatic carboxylic acids is 1. The Kier molecular flexibility index (Phi) is 7.10. The van der Waals surface area contributed by atoms with Crippen molar-refractivity contribution in [2.24, 2.45) is 11.8 Å². The predicted molar refractivity (Wildman–Crippen MR) is 102 cm³/mol. The van der Waals surface area contributed by atoms with Gasteiger partial charge in [-0.25, -0.2) is 4.79 Å². The minimum Gasteiger partial charge on any atom is -0.550 e. The molecule has 2 fully saturated rings. The Balaban J connectivity index is 1.57. The monoisotopic (exact) mass is 373 g/mol. The normalized spacial score (nSPS) is 23.8. The standard InChI is InChI=1S/C21H31N3O3/c25-20(26)15-17-10-14-24(21(27)22-19-7-3-1-4-8-19)16-18(17)9-13-23-11-5-2-6-12-23/h1,3-4,7-8,17-18H,2,5-6,9-16H2,(H,22,27)(H,25,26)/t17-,18-/m0/s1. The molecule has 2 amide bonds. The number of likely N-dealkylation sites (tertiary alicyclic amines) is 2. The van der Waals surface area contributed by atoms with E-state index in [1.165, 1.54) is 32.4 Å². The highest BCUT2D eigenvalue weighted by molar-refractivity contribution is 5.89. The van der Waals surface area contributed by atoms with Gasteiger partial charge in [-0.2, -0.15) is 0 Å². The number of urea groups is 1. The number of carboxylic acid groups (broad SMARTS) is 1. The van der Waals surface area contributed by atoms with E-state index in [1.807, 2.05) is 35.2 Å². The molecule has 3 rings (SSSR count). The van der Waals surface area contributed by atoms with Crippen molar-refractivity contribution in [1.82, 2.24) is 4.90 Å². The van der Waals surface area contributed by atoms with Gasteiger partial charge in [0.15, 0.2) is 0 Å². The highest BCUT2D eigenvalue weighted by atomic mass is 16.4. The average Bonchev–Trinajstić information content (AvgIpc) is 2.68. The quantitative estimate of drug-likeness (QED) is 0.773. The van der Waals surface area contributed by atoms with Crippen LogP contribution in [0.3, 0.4) is 0 Å². The lowest BCUT2D eigenvalue weighted by Crippen LogP contribution is -3.12. The fraction of sp³-hybridized carbons (Fsp3) is 0.619. The zero-order valence-corrected chi connectivity index (χ0v) is 16.0. The SMILES string of the molecule is O=C([O-])C[C@@H]1CCN(C(=O)Nc2ccccc2)C[C@@H]1CC[NH+]1CCCCC1. The maximum Gasteiger partial charge on any atom is 0.321 e. The summed E-state index contributed by atoms with van der Waals surface area (Å²) in [5.74, 6) is -0.634. The summed E-state index contributed by atoms with van der Waals surface area (Å²) in [5.41, 5.74) is 0.786. The van der Waals surface area contributed by atoms with Gasteiger partial charge >= 0.3 is 6.03 Å². The van der Waals surface area contributed by atoms with E-state index in [-0.39, 0.29) is 24.3 Å². The number of carbonyl (C=O) groups is 2. The molecule has 148 valence electrons. The van der Waals surface area contributed by atoms with E-state index in [1.54, 1.807) is 4.90 Å².